The van der Waals surface area contributed by atoms with Gasteiger partial charge in [-0.05, 0) is 40.4 Å². The molecule has 0 bridgehead atoms. The first-order chi connectivity index (χ1) is 10.3. The van der Waals surface area contributed by atoms with Crippen LogP contribution in [0.1, 0.15) is 41.1 Å². The third-order valence-electron chi connectivity index (χ3n) is 3.54. The first-order valence-electron chi connectivity index (χ1n) is 7.18. The summed E-state index contributed by atoms with van der Waals surface area (Å²) in [5.74, 6) is 0.515. The number of hydrogen-bond acceptors (Lipinski definition) is 3. The molecule has 1 N–H and O–H groups in total. The van der Waals surface area contributed by atoms with Crippen LogP contribution in [0.2, 0.25) is 0 Å². The maximum absolute atomic E-state index is 3.75. The van der Waals surface area contributed by atoms with E-state index in [9.17, 15) is 0 Å². The van der Waals surface area contributed by atoms with Gasteiger partial charge in [0.2, 0.25) is 0 Å². The Balaban J connectivity index is 1.96. The fourth-order valence-electron chi connectivity index (χ4n) is 2.48. The SMILES string of the molecule is CC(C)c1ccccc1NC(c1cccs1)c1cccs1. The van der Waals surface area contributed by atoms with E-state index in [4.69, 9.17) is 0 Å². The molecule has 1 nitrogen and oxygen atoms in total. The summed E-state index contributed by atoms with van der Waals surface area (Å²) >= 11 is 3.61. The number of benzene rings is 1. The first kappa shape index (κ1) is 14.4. The molecule has 0 saturated heterocycles. The van der Waals surface area contributed by atoms with Gasteiger partial charge in [0.25, 0.3) is 0 Å². The minimum atomic E-state index is 0.241. The van der Waals surface area contributed by atoms with Gasteiger partial charge in [0.05, 0.1) is 6.04 Å². The van der Waals surface area contributed by atoms with Crippen LogP contribution in [0, 0.1) is 0 Å². The lowest BCUT2D eigenvalue weighted by Gasteiger charge is -2.21. The van der Waals surface area contributed by atoms with Crippen LogP contribution in [0.5, 0.6) is 0 Å². The molecule has 2 heterocycles. The lowest BCUT2D eigenvalue weighted by Crippen LogP contribution is -2.11. The van der Waals surface area contributed by atoms with Crippen molar-refractivity contribution in [2.75, 3.05) is 5.32 Å². The van der Waals surface area contributed by atoms with Crippen LogP contribution in [0.4, 0.5) is 5.69 Å². The standard InChI is InChI=1S/C18H19NS2/c1-13(2)14-7-3-4-8-15(14)19-18(16-9-5-11-20-16)17-10-6-12-21-17/h3-13,18-19H,1-2H3. The second kappa shape index (κ2) is 6.46. The lowest BCUT2D eigenvalue weighted by molar-refractivity contribution is 0.859. The van der Waals surface area contributed by atoms with Crippen LogP contribution in [0.25, 0.3) is 0 Å². The molecular weight excluding hydrogens is 294 g/mol. The molecule has 0 fully saturated rings. The zero-order valence-corrected chi connectivity index (χ0v) is 13.9. The molecule has 3 rings (SSSR count). The van der Waals surface area contributed by atoms with Gasteiger partial charge in [-0.1, -0.05) is 44.2 Å². The molecule has 0 aliphatic heterocycles. The third kappa shape index (κ3) is 3.20. The van der Waals surface area contributed by atoms with E-state index in [1.54, 1.807) is 22.7 Å². The molecule has 0 aliphatic carbocycles. The number of thiophene rings is 2. The van der Waals surface area contributed by atoms with E-state index >= 15 is 0 Å². The molecule has 0 aliphatic rings. The molecule has 0 spiro atoms. The van der Waals surface area contributed by atoms with Crippen molar-refractivity contribution in [1.29, 1.82) is 0 Å². The lowest BCUT2D eigenvalue weighted by atomic mass is 10.0. The average molecular weight is 313 g/mol. The highest BCUT2D eigenvalue weighted by Gasteiger charge is 2.18. The van der Waals surface area contributed by atoms with Crippen molar-refractivity contribution >= 4 is 28.4 Å². The van der Waals surface area contributed by atoms with Crippen molar-refractivity contribution in [1.82, 2.24) is 0 Å². The summed E-state index contributed by atoms with van der Waals surface area (Å²) in [5.41, 5.74) is 2.61. The second-order valence-electron chi connectivity index (χ2n) is 5.35. The second-order valence-corrected chi connectivity index (χ2v) is 7.31. The molecule has 21 heavy (non-hydrogen) atoms. The Hall–Kier alpha value is -1.58. The van der Waals surface area contributed by atoms with Gasteiger partial charge in [0, 0.05) is 15.4 Å². The molecule has 2 aromatic heterocycles. The Morgan fingerprint density at radius 3 is 1.95 bits per heavy atom. The van der Waals surface area contributed by atoms with E-state index < -0.39 is 0 Å². The summed E-state index contributed by atoms with van der Waals surface area (Å²) in [7, 11) is 0. The molecule has 3 aromatic rings. The van der Waals surface area contributed by atoms with Crippen molar-refractivity contribution in [2.24, 2.45) is 0 Å². The zero-order valence-electron chi connectivity index (χ0n) is 12.2. The van der Waals surface area contributed by atoms with E-state index in [1.165, 1.54) is 21.0 Å². The normalized spacial score (nSPS) is 11.2. The Bertz CT molecular complexity index is 635. The number of hydrogen-bond donors (Lipinski definition) is 1. The van der Waals surface area contributed by atoms with Gasteiger partial charge in [0.15, 0.2) is 0 Å². The predicted molar refractivity (Wildman–Crippen MR) is 94.6 cm³/mol. The topological polar surface area (TPSA) is 12.0 Å². The van der Waals surface area contributed by atoms with Crippen LogP contribution in [0.15, 0.2) is 59.3 Å². The van der Waals surface area contributed by atoms with Crippen LogP contribution in [-0.4, -0.2) is 0 Å². The Labute approximate surface area is 134 Å². The summed E-state index contributed by atoms with van der Waals surface area (Å²) in [5, 5.41) is 8.04. The fraction of sp³-hybridized carbons (Fsp3) is 0.222. The average Bonchev–Trinajstić information content (AvgIpc) is 3.18. The fourth-order valence-corrected chi connectivity index (χ4v) is 4.14. The Morgan fingerprint density at radius 2 is 1.43 bits per heavy atom. The molecule has 108 valence electrons. The minimum absolute atomic E-state index is 0.241. The predicted octanol–water partition coefficient (Wildman–Crippen LogP) is 6.13. The Kier molecular flexibility index (Phi) is 4.42. The van der Waals surface area contributed by atoms with Gasteiger partial charge in [0.1, 0.15) is 0 Å². The molecule has 0 atom stereocenters. The molecular formula is C18H19NS2. The van der Waals surface area contributed by atoms with E-state index in [0.29, 0.717) is 5.92 Å². The zero-order chi connectivity index (χ0) is 14.7. The monoisotopic (exact) mass is 313 g/mol. The summed E-state index contributed by atoms with van der Waals surface area (Å²) in [6.45, 7) is 4.48. The van der Waals surface area contributed by atoms with Crippen LogP contribution < -0.4 is 5.32 Å². The Morgan fingerprint density at radius 1 is 0.810 bits per heavy atom. The minimum Gasteiger partial charge on any atom is -0.372 e. The summed E-state index contributed by atoms with van der Waals surface area (Å²) in [6, 6.07) is 17.5. The highest BCUT2D eigenvalue weighted by Crippen LogP contribution is 2.34. The quantitative estimate of drug-likeness (QED) is 0.597. The third-order valence-corrected chi connectivity index (χ3v) is 5.41. The summed E-state index contributed by atoms with van der Waals surface area (Å²) in [6.07, 6.45) is 0. The number of para-hydroxylation sites is 1. The smallest absolute Gasteiger partial charge is 0.0953 e. The van der Waals surface area contributed by atoms with E-state index in [0.717, 1.165) is 0 Å². The highest BCUT2D eigenvalue weighted by molar-refractivity contribution is 7.11. The van der Waals surface area contributed by atoms with Crippen molar-refractivity contribution < 1.29 is 0 Å². The van der Waals surface area contributed by atoms with Gasteiger partial charge in [-0.2, -0.15) is 0 Å². The van der Waals surface area contributed by atoms with E-state index in [-0.39, 0.29) is 6.04 Å². The van der Waals surface area contributed by atoms with Crippen LogP contribution in [0.3, 0.4) is 0 Å². The van der Waals surface area contributed by atoms with Crippen LogP contribution >= 0.6 is 22.7 Å². The molecule has 1 aromatic carbocycles. The van der Waals surface area contributed by atoms with Crippen molar-refractivity contribution in [2.45, 2.75) is 25.8 Å². The first-order valence-corrected chi connectivity index (χ1v) is 8.94. The molecule has 0 amide bonds. The molecule has 0 radical (unpaired) electrons. The summed E-state index contributed by atoms with van der Waals surface area (Å²) in [4.78, 5) is 2.71. The summed E-state index contributed by atoms with van der Waals surface area (Å²) < 4.78 is 0. The molecule has 0 unspecified atom stereocenters. The van der Waals surface area contributed by atoms with Crippen molar-refractivity contribution in [3.05, 3.63) is 74.6 Å². The van der Waals surface area contributed by atoms with Crippen LogP contribution in [-0.2, 0) is 0 Å². The largest absolute Gasteiger partial charge is 0.372 e. The number of nitrogens with one attached hydrogen (secondary N) is 1. The molecule has 0 saturated carbocycles. The van der Waals surface area contributed by atoms with Gasteiger partial charge in [-0.15, -0.1) is 22.7 Å². The van der Waals surface area contributed by atoms with Gasteiger partial charge in [-0.3, -0.25) is 0 Å². The van der Waals surface area contributed by atoms with Crippen molar-refractivity contribution in [3.8, 4) is 0 Å². The van der Waals surface area contributed by atoms with Gasteiger partial charge >= 0.3 is 0 Å². The maximum Gasteiger partial charge on any atom is 0.0953 e. The van der Waals surface area contributed by atoms with E-state index in [1.807, 2.05) is 0 Å². The van der Waals surface area contributed by atoms with E-state index in [2.05, 4.69) is 78.5 Å². The number of anilines is 1. The van der Waals surface area contributed by atoms with Crippen molar-refractivity contribution in [3.63, 3.8) is 0 Å². The van der Waals surface area contributed by atoms with Gasteiger partial charge in [-0.25, -0.2) is 0 Å². The number of rotatable bonds is 5. The highest BCUT2D eigenvalue weighted by atomic mass is 32.1. The van der Waals surface area contributed by atoms with Gasteiger partial charge < -0.3 is 5.32 Å². The maximum atomic E-state index is 3.75. The molecule has 3 heteroatoms.